The predicted octanol–water partition coefficient (Wildman–Crippen LogP) is 3.76. The van der Waals surface area contributed by atoms with Crippen molar-refractivity contribution in [3.63, 3.8) is 0 Å². The van der Waals surface area contributed by atoms with E-state index in [1.54, 1.807) is 37.3 Å². The third kappa shape index (κ3) is 3.36. The van der Waals surface area contributed by atoms with Gasteiger partial charge in [0.25, 0.3) is 11.6 Å². The van der Waals surface area contributed by atoms with Gasteiger partial charge in [-0.3, -0.25) is 9.59 Å². The fraction of sp³-hybridized carbons (Fsp3) is 0.143. The molecule has 2 amide bonds. The number of primary amides is 1. The number of amides is 2. The number of aromatic nitrogens is 2. The molecule has 4 aromatic rings. The Morgan fingerprint density at radius 2 is 1.79 bits per heavy atom. The Morgan fingerprint density at radius 1 is 1.07 bits per heavy atom. The topological polar surface area (TPSA) is 124 Å². The molecule has 0 aliphatic rings. The summed E-state index contributed by atoms with van der Waals surface area (Å²) in [5.74, 6) is 0.552. The van der Waals surface area contributed by atoms with Gasteiger partial charge in [0.2, 0.25) is 5.91 Å². The number of hydrogen-bond acceptors (Lipinski definition) is 6. The van der Waals surface area contributed by atoms with Gasteiger partial charge in [0.05, 0.1) is 22.3 Å². The van der Waals surface area contributed by atoms with E-state index in [4.69, 9.17) is 14.7 Å². The number of anilines is 1. The highest BCUT2D eigenvalue weighted by Gasteiger charge is 2.21. The van der Waals surface area contributed by atoms with E-state index in [1.165, 1.54) is 0 Å². The quantitative estimate of drug-likeness (QED) is 0.547. The van der Waals surface area contributed by atoms with Crippen molar-refractivity contribution in [1.29, 1.82) is 0 Å². The maximum atomic E-state index is 13.0. The molecule has 3 heterocycles. The molecule has 4 rings (SSSR count). The minimum absolute atomic E-state index is 0.271. The van der Waals surface area contributed by atoms with Gasteiger partial charge >= 0.3 is 0 Å². The first kappa shape index (κ1) is 18.4. The SMILES string of the molecule is Cc1cc(-c2cc(C(=O)Nc3ccc(C(N)=O)cc3)c3c(C)noc3n2)c(C)o1. The number of hydrogen-bond donors (Lipinski definition) is 2. The highest BCUT2D eigenvalue weighted by Crippen LogP contribution is 2.30. The smallest absolute Gasteiger partial charge is 0.259 e. The van der Waals surface area contributed by atoms with Crippen LogP contribution in [0.15, 0.2) is 45.3 Å². The number of nitrogens with two attached hydrogens (primary N) is 1. The molecule has 8 nitrogen and oxygen atoms in total. The number of aryl methyl sites for hydroxylation is 3. The van der Waals surface area contributed by atoms with Gasteiger partial charge in [-0.05, 0) is 57.2 Å². The summed E-state index contributed by atoms with van der Waals surface area (Å²) in [6, 6.07) is 9.87. The van der Waals surface area contributed by atoms with E-state index in [2.05, 4.69) is 15.5 Å². The molecule has 146 valence electrons. The highest BCUT2D eigenvalue weighted by molar-refractivity contribution is 6.13. The molecule has 3 N–H and O–H groups in total. The van der Waals surface area contributed by atoms with E-state index >= 15 is 0 Å². The molecule has 0 radical (unpaired) electrons. The molecule has 0 unspecified atom stereocenters. The summed E-state index contributed by atoms with van der Waals surface area (Å²) in [7, 11) is 0. The van der Waals surface area contributed by atoms with Crippen LogP contribution in [-0.2, 0) is 0 Å². The molecule has 0 saturated carbocycles. The summed E-state index contributed by atoms with van der Waals surface area (Å²) in [6.07, 6.45) is 0. The molecule has 0 spiro atoms. The van der Waals surface area contributed by atoms with Crippen LogP contribution < -0.4 is 11.1 Å². The van der Waals surface area contributed by atoms with Crippen molar-refractivity contribution >= 4 is 28.6 Å². The number of rotatable bonds is 4. The van der Waals surface area contributed by atoms with Crippen molar-refractivity contribution in [2.24, 2.45) is 5.73 Å². The molecule has 0 fully saturated rings. The molecule has 0 atom stereocenters. The van der Waals surface area contributed by atoms with Gasteiger partial charge in [0.1, 0.15) is 11.5 Å². The maximum absolute atomic E-state index is 13.0. The Labute approximate surface area is 165 Å². The van der Waals surface area contributed by atoms with Crippen LogP contribution >= 0.6 is 0 Å². The summed E-state index contributed by atoms with van der Waals surface area (Å²) in [5.41, 5.74) is 8.67. The van der Waals surface area contributed by atoms with Crippen LogP contribution in [0.4, 0.5) is 5.69 Å². The van der Waals surface area contributed by atoms with Gasteiger partial charge in [-0.15, -0.1) is 0 Å². The Morgan fingerprint density at radius 3 is 2.41 bits per heavy atom. The molecule has 3 aromatic heterocycles. The molecule has 1 aromatic carbocycles. The Kier molecular flexibility index (Phi) is 4.38. The second-order valence-corrected chi connectivity index (χ2v) is 6.73. The molecule has 0 aliphatic heterocycles. The monoisotopic (exact) mass is 390 g/mol. The second kappa shape index (κ2) is 6.90. The van der Waals surface area contributed by atoms with Crippen molar-refractivity contribution in [1.82, 2.24) is 10.1 Å². The predicted molar refractivity (Wildman–Crippen MR) is 107 cm³/mol. The standard InChI is InChI=1S/C21H18N4O4/c1-10-8-15(12(3)28-10)17-9-16(18-11(2)25-29-21(18)24-17)20(27)23-14-6-4-13(5-7-14)19(22)26/h4-9H,1-3H3,(H2,22,26)(H,23,27). The first-order chi connectivity index (χ1) is 13.8. The molecule has 8 heteroatoms. The van der Waals surface area contributed by atoms with Crippen molar-refractivity contribution in [3.8, 4) is 11.3 Å². The second-order valence-electron chi connectivity index (χ2n) is 6.73. The first-order valence-corrected chi connectivity index (χ1v) is 8.89. The minimum atomic E-state index is -0.533. The number of furan rings is 1. The van der Waals surface area contributed by atoms with Crippen LogP contribution in [0.1, 0.15) is 37.9 Å². The van der Waals surface area contributed by atoms with Gasteiger partial charge in [-0.2, -0.15) is 0 Å². The van der Waals surface area contributed by atoms with Gasteiger partial charge in [-0.25, -0.2) is 4.98 Å². The van der Waals surface area contributed by atoms with Crippen LogP contribution in [0.5, 0.6) is 0 Å². The van der Waals surface area contributed by atoms with E-state index in [9.17, 15) is 9.59 Å². The Bertz CT molecular complexity index is 1250. The summed E-state index contributed by atoms with van der Waals surface area (Å²) < 4.78 is 10.9. The van der Waals surface area contributed by atoms with Gasteiger partial charge in [0.15, 0.2) is 0 Å². The van der Waals surface area contributed by atoms with Crippen molar-refractivity contribution < 1.29 is 18.5 Å². The Hall–Kier alpha value is -3.94. The third-order valence-electron chi connectivity index (χ3n) is 4.61. The summed E-state index contributed by atoms with van der Waals surface area (Å²) in [4.78, 5) is 28.8. The van der Waals surface area contributed by atoms with Gasteiger partial charge < -0.3 is 20.0 Å². The lowest BCUT2D eigenvalue weighted by Crippen LogP contribution is -2.14. The largest absolute Gasteiger partial charge is 0.466 e. The summed E-state index contributed by atoms with van der Waals surface area (Å²) >= 11 is 0. The average molecular weight is 390 g/mol. The van der Waals surface area contributed by atoms with Gasteiger partial charge in [-0.1, -0.05) is 5.16 Å². The minimum Gasteiger partial charge on any atom is -0.466 e. The van der Waals surface area contributed by atoms with Crippen LogP contribution in [0.25, 0.3) is 22.4 Å². The summed E-state index contributed by atoms with van der Waals surface area (Å²) in [6.45, 7) is 5.43. The zero-order valence-electron chi connectivity index (χ0n) is 16.1. The van der Waals surface area contributed by atoms with E-state index in [-0.39, 0.29) is 11.6 Å². The molecule has 29 heavy (non-hydrogen) atoms. The fourth-order valence-electron chi connectivity index (χ4n) is 3.21. The first-order valence-electron chi connectivity index (χ1n) is 8.89. The van der Waals surface area contributed by atoms with E-state index in [0.717, 1.165) is 11.3 Å². The Balaban J connectivity index is 1.77. The van der Waals surface area contributed by atoms with Crippen molar-refractivity contribution in [2.45, 2.75) is 20.8 Å². The van der Waals surface area contributed by atoms with Gasteiger partial charge in [0, 0.05) is 16.8 Å². The van der Waals surface area contributed by atoms with Crippen LogP contribution in [0.2, 0.25) is 0 Å². The molecular formula is C21H18N4O4. The lowest BCUT2D eigenvalue weighted by molar-refractivity contribution is 0.0998. The maximum Gasteiger partial charge on any atom is 0.259 e. The van der Waals surface area contributed by atoms with Crippen molar-refractivity contribution in [3.05, 3.63) is 64.7 Å². The van der Waals surface area contributed by atoms with E-state index < -0.39 is 5.91 Å². The third-order valence-corrected chi connectivity index (χ3v) is 4.61. The number of carbonyl (C=O) groups is 2. The fourth-order valence-corrected chi connectivity index (χ4v) is 3.21. The molecular weight excluding hydrogens is 372 g/mol. The van der Waals surface area contributed by atoms with E-state index in [1.807, 2.05) is 19.9 Å². The van der Waals surface area contributed by atoms with Crippen LogP contribution in [0, 0.1) is 20.8 Å². The van der Waals surface area contributed by atoms with Crippen LogP contribution in [-0.4, -0.2) is 22.0 Å². The van der Waals surface area contributed by atoms with Crippen LogP contribution in [0.3, 0.4) is 0 Å². The zero-order valence-corrected chi connectivity index (χ0v) is 16.1. The van der Waals surface area contributed by atoms with E-state index in [0.29, 0.717) is 39.3 Å². The molecule has 0 aliphatic carbocycles. The number of fused-ring (bicyclic) bond motifs is 1. The number of nitrogens with zero attached hydrogens (tertiary/aromatic N) is 2. The lowest BCUT2D eigenvalue weighted by atomic mass is 10.1. The number of nitrogens with one attached hydrogen (secondary N) is 1. The lowest BCUT2D eigenvalue weighted by Gasteiger charge is -2.08. The zero-order chi connectivity index (χ0) is 20.7. The number of pyridine rings is 1. The average Bonchev–Trinajstić information content (AvgIpc) is 3.23. The molecule has 0 bridgehead atoms. The number of benzene rings is 1. The number of carbonyl (C=O) groups excluding carboxylic acids is 2. The van der Waals surface area contributed by atoms with Crippen molar-refractivity contribution in [2.75, 3.05) is 5.32 Å². The summed E-state index contributed by atoms with van der Waals surface area (Å²) in [5, 5.41) is 7.31. The molecule has 0 saturated heterocycles. The highest BCUT2D eigenvalue weighted by atomic mass is 16.5. The normalized spacial score (nSPS) is 11.0.